The largest absolute Gasteiger partial charge is 0.461 e. The molecular weight excluding hydrogens is 292 g/mol. The number of para-hydroxylation sites is 1. The molecule has 0 saturated carbocycles. The second kappa shape index (κ2) is 5.76. The number of H-pyrrole nitrogens is 1. The summed E-state index contributed by atoms with van der Waals surface area (Å²) in [5.74, 6) is -0.516. The van der Waals surface area contributed by atoms with E-state index in [9.17, 15) is 9.59 Å². The van der Waals surface area contributed by atoms with Crippen LogP contribution in [0.25, 0.3) is 11.6 Å². The van der Waals surface area contributed by atoms with Crippen molar-refractivity contribution in [3.05, 3.63) is 52.3 Å². The van der Waals surface area contributed by atoms with E-state index < -0.39 is 0 Å². The van der Waals surface area contributed by atoms with Crippen molar-refractivity contribution in [3.8, 4) is 0 Å². The molecule has 0 atom stereocenters. The first-order valence-electron chi connectivity index (χ1n) is 7.51. The molecule has 0 unspecified atom stereocenters. The van der Waals surface area contributed by atoms with Crippen molar-refractivity contribution in [2.24, 2.45) is 0 Å². The Balaban J connectivity index is 2.07. The number of carbonyl (C=O) groups excluding carboxylic acids is 2. The molecule has 118 valence electrons. The highest BCUT2D eigenvalue weighted by molar-refractivity contribution is 6.35. The number of aryl methyl sites for hydroxylation is 1. The SMILES string of the molecule is CCOC(=O)c1[nH]c(C)c(C=C2C(=O)Nc3ccccc32)c1C. The minimum Gasteiger partial charge on any atom is -0.461 e. The van der Waals surface area contributed by atoms with Crippen molar-refractivity contribution in [2.75, 3.05) is 11.9 Å². The van der Waals surface area contributed by atoms with Crippen LogP contribution in [0.2, 0.25) is 0 Å². The second-order valence-electron chi connectivity index (χ2n) is 5.44. The van der Waals surface area contributed by atoms with E-state index in [4.69, 9.17) is 4.74 Å². The van der Waals surface area contributed by atoms with Gasteiger partial charge in [-0.25, -0.2) is 4.79 Å². The Morgan fingerprint density at radius 1 is 1.26 bits per heavy atom. The topological polar surface area (TPSA) is 71.2 Å². The number of nitrogens with one attached hydrogen (secondary N) is 2. The Hall–Kier alpha value is -2.82. The smallest absolute Gasteiger partial charge is 0.355 e. The van der Waals surface area contributed by atoms with Gasteiger partial charge in [0.15, 0.2) is 0 Å². The average Bonchev–Trinajstić information content (AvgIpc) is 2.99. The molecule has 2 N–H and O–H groups in total. The van der Waals surface area contributed by atoms with Crippen LogP contribution in [-0.2, 0) is 9.53 Å². The number of fused-ring (bicyclic) bond motifs is 1. The number of carbonyl (C=O) groups is 2. The third kappa shape index (κ3) is 2.54. The molecular formula is C18H18N2O3. The number of aromatic amines is 1. The maximum Gasteiger partial charge on any atom is 0.355 e. The van der Waals surface area contributed by atoms with Gasteiger partial charge in [-0.1, -0.05) is 18.2 Å². The van der Waals surface area contributed by atoms with Crippen molar-refractivity contribution in [1.29, 1.82) is 0 Å². The molecule has 5 heteroatoms. The van der Waals surface area contributed by atoms with Crippen LogP contribution in [0.15, 0.2) is 24.3 Å². The van der Waals surface area contributed by atoms with Crippen LogP contribution in [0, 0.1) is 13.8 Å². The molecule has 1 aliphatic rings. The molecule has 0 spiro atoms. The van der Waals surface area contributed by atoms with E-state index in [1.807, 2.05) is 44.2 Å². The van der Waals surface area contributed by atoms with Gasteiger partial charge in [0.2, 0.25) is 0 Å². The maximum atomic E-state index is 12.2. The van der Waals surface area contributed by atoms with Gasteiger partial charge in [0.05, 0.1) is 6.61 Å². The molecule has 0 fully saturated rings. The van der Waals surface area contributed by atoms with Crippen LogP contribution in [0.3, 0.4) is 0 Å². The Labute approximate surface area is 134 Å². The van der Waals surface area contributed by atoms with Gasteiger partial charge in [-0.3, -0.25) is 4.79 Å². The molecule has 3 rings (SSSR count). The summed E-state index contributed by atoms with van der Waals surface area (Å²) in [5.41, 5.74) is 5.16. The number of amides is 1. The molecule has 1 aromatic carbocycles. The first-order chi connectivity index (χ1) is 11.0. The normalized spacial score (nSPS) is 14.7. The van der Waals surface area contributed by atoms with Crippen LogP contribution in [0.5, 0.6) is 0 Å². The summed E-state index contributed by atoms with van der Waals surface area (Å²) in [6.45, 7) is 5.82. The predicted octanol–water partition coefficient (Wildman–Crippen LogP) is 3.30. The van der Waals surface area contributed by atoms with Crippen molar-refractivity contribution >= 4 is 29.2 Å². The zero-order chi connectivity index (χ0) is 16.6. The third-order valence-corrected chi connectivity index (χ3v) is 3.97. The summed E-state index contributed by atoms with van der Waals surface area (Å²) < 4.78 is 5.05. The molecule has 2 aromatic rings. The number of aromatic nitrogens is 1. The maximum absolute atomic E-state index is 12.2. The Morgan fingerprint density at radius 3 is 2.74 bits per heavy atom. The van der Waals surface area contributed by atoms with Gasteiger partial charge < -0.3 is 15.0 Å². The van der Waals surface area contributed by atoms with Gasteiger partial charge in [0.1, 0.15) is 5.69 Å². The lowest BCUT2D eigenvalue weighted by molar-refractivity contribution is -0.110. The number of anilines is 1. The van der Waals surface area contributed by atoms with E-state index in [1.165, 1.54) is 0 Å². The first kappa shape index (κ1) is 15.1. The lowest BCUT2D eigenvalue weighted by atomic mass is 10.0. The molecule has 0 radical (unpaired) electrons. The summed E-state index contributed by atoms with van der Waals surface area (Å²) in [5, 5.41) is 2.85. The van der Waals surface area contributed by atoms with Crippen molar-refractivity contribution in [1.82, 2.24) is 4.98 Å². The summed E-state index contributed by atoms with van der Waals surface area (Å²) in [6, 6.07) is 7.55. The lowest BCUT2D eigenvalue weighted by Gasteiger charge is -2.01. The van der Waals surface area contributed by atoms with Crippen molar-refractivity contribution in [2.45, 2.75) is 20.8 Å². The van der Waals surface area contributed by atoms with Crippen molar-refractivity contribution in [3.63, 3.8) is 0 Å². The van der Waals surface area contributed by atoms with Gasteiger partial charge in [-0.15, -0.1) is 0 Å². The highest BCUT2D eigenvalue weighted by atomic mass is 16.5. The summed E-state index contributed by atoms with van der Waals surface area (Å²) >= 11 is 0. The summed E-state index contributed by atoms with van der Waals surface area (Å²) in [6.07, 6.45) is 1.82. The molecule has 1 aliphatic heterocycles. The van der Waals surface area contributed by atoms with E-state index >= 15 is 0 Å². The molecule has 23 heavy (non-hydrogen) atoms. The number of hydrogen-bond acceptors (Lipinski definition) is 3. The van der Waals surface area contributed by atoms with E-state index in [0.717, 1.165) is 28.1 Å². The monoisotopic (exact) mass is 310 g/mol. The number of esters is 1. The number of ether oxygens (including phenoxy) is 1. The lowest BCUT2D eigenvalue weighted by Crippen LogP contribution is -2.06. The molecule has 1 amide bonds. The highest BCUT2D eigenvalue weighted by Gasteiger charge is 2.25. The standard InChI is InChI=1S/C18H18N2O3/c1-4-23-18(22)16-10(2)13(11(3)19-16)9-14-12-7-5-6-8-15(12)20-17(14)21/h5-9,19H,4H2,1-3H3,(H,20,21). The van der Waals surface area contributed by atoms with Crippen molar-refractivity contribution < 1.29 is 14.3 Å². The van der Waals surface area contributed by atoms with E-state index in [-0.39, 0.29) is 11.9 Å². The molecule has 0 saturated heterocycles. The van der Waals surface area contributed by atoms with Crippen LogP contribution in [0.4, 0.5) is 5.69 Å². The summed E-state index contributed by atoms with van der Waals surface area (Å²) in [4.78, 5) is 27.3. The van der Waals surface area contributed by atoms with Gasteiger partial charge >= 0.3 is 5.97 Å². The van der Waals surface area contributed by atoms with Gasteiger partial charge in [-0.05, 0) is 44.0 Å². The minimum absolute atomic E-state index is 0.135. The molecule has 0 bridgehead atoms. The second-order valence-corrected chi connectivity index (χ2v) is 5.44. The van der Waals surface area contributed by atoms with Crippen LogP contribution < -0.4 is 5.32 Å². The Kier molecular flexibility index (Phi) is 3.78. The van der Waals surface area contributed by atoms with E-state index in [2.05, 4.69) is 10.3 Å². The van der Waals surface area contributed by atoms with Crippen LogP contribution in [0.1, 0.15) is 39.8 Å². The van der Waals surface area contributed by atoms with E-state index in [1.54, 1.807) is 6.92 Å². The zero-order valence-corrected chi connectivity index (χ0v) is 13.3. The molecule has 5 nitrogen and oxygen atoms in total. The Morgan fingerprint density at radius 2 is 2.00 bits per heavy atom. The number of benzene rings is 1. The fraction of sp³-hybridized carbons (Fsp3) is 0.222. The average molecular weight is 310 g/mol. The Bertz CT molecular complexity index is 831. The number of rotatable bonds is 3. The molecule has 1 aromatic heterocycles. The molecule has 0 aliphatic carbocycles. The highest BCUT2D eigenvalue weighted by Crippen LogP contribution is 2.34. The third-order valence-electron chi connectivity index (χ3n) is 3.97. The number of hydrogen-bond donors (Lipinski definition) is 2. The molecule has 2 heterocycles. The van der Waals surface area contributed by atoms with E-state index in [0.29, 0.717) is 17.9 Å². The van der Waals surface area contributed by atoms with Crippen LogP contribution in [-0.4, -0.2) is 23.5 Å². The van der Waals surface area contributed by atoms with Gasteiger partial charge in [-0.2, -0.15) is 0 Å². The predicted molar refractivity (Wildman–Crippen MR) is 89.2 cm³/mol. The summed E-state index contributed by atoms with van der Waals surface area (Å²) in [7, 11) is 0. The first-order valence-corrected chi connectivity index (χ1v) is 7.51. The quantitative estimate of drug-likeness (QED) is 0.675. The fourth-order valence-corrected chi connectivity index (χ4v) is 2.81. The van der Waals surface area contributed by atoms with Gasteiger partial charge in [0, 0.05) is 22.5 Å². The van der Waals surface area contributed by atoms with Crippen LogP contribution >= 0.6 is 0 Å². The van der Waals surface area contributed by atoms with Gasteiger partial charge in [0.25, 0.3) is 5.91 Å². The minimum atomic E-state index is -0.381. The zero-order valence-electron chi connectivity index (χ0n) is 13.3. The fourth-order valence-electron chi connectivity index (χ4n) is 2.81.